The van der Waals surface area contributed by atoms with Gasteiger partial charge in [-0.15, -0.1) is 0 Å². The van der Waals surface area contributed by atoms with Gasteiger partial charge in [0.15, 0.2) is 17.2 Å². The Hall–Kier alpha value is -2.97. The zero-order valence-electron chi connectivity index (χ0n) is 11.5. The number of nitrogen functional groups attached to an aromatic ring is 1. The average Bonchev–Trinajstić information content (AvgIpc) is 3.05. The summed E-state index contributed by atoms with van der Waals surface area (Å²) in [5, 5.41) is 16.5. The fraction of sp³-hybridized carbons (Fsp3) is 0.250. The number of amides is 1. The summed E-state index contributed by atoms with van der Waals surface area (Å²) in [6, 6.07) is 1.78. The van der Waals surface area contributed by atoms with Crippen molar-refractivity contribution >= 4 is 28.6 Å². The molecule has 0 unspecified atom stereocenters. The topological polar surface area (TPSA) is 138 Å². The minimum absolute atomic E-state index is 0.136. The molecule has 0 aliphatic heterocycles. The summed E-state index contributed by atoms with van der Waals surface area (Å²) in [5.74, 6) is 0.488. The molecule has 0 aliphatic carbocycles. The van der Waals surface area contributed by atoms with Crippen LogP contribution in [-0.2, 0) is 0 Å². The van der Waals surface area contributed by atoms with Crippen LogP contribution >= 0.6 is 0 Å². The second kappa shape index (κ2) is 4.85. The minimum atomic E-state index is -0.426. The van der Waals surface area contributed by atoms with E-state index in [1.807, 2.05) is 13.8 Å². The first-order valence-electron chi connectivity index (χ1n) is 6.37. The van der Waals surface area contributed by atoms with Gasteiger partial charge in [0, 0.05) is 11.8 Å². The van der Waals surface area contributed by atoms with Gasteiger partial charge in [-0.1, -0.05) is 13.8 Å². The number of aromatic amines is 2. The molecule has 0 saturated heterocycles. The number of nitrogens with zero attached hydrogens (tertiary/aromatic N) is 4. The number of aromatic nitrogens is 6. The van der Waals surface area contributed by atoms with E-state index in [0.29, 0.717) is 22.8 Å². The van der Waals surface area contributed by atoms with Crippen molar-refractivity contribution in [1.82, 2.24) is 30.4 Å². The molecular formula is C12H14N8O. The van der Waals surface area contributed by atoms with Gasteiger partial charge < -0.3 is 11.1 Å². The molecule has 3 aromatic heterocycles. The van der Waals surface area contributed by atoms with Gasteiger partial charge in [-0.2, -0.15) is 10.2 Å². The molecule has 9 nitrogen and oxygen atoms in total. The van der Waals surface area contributed by atoms with Crippen molar-refractivity contribution in [3.8, 4) is 0 Å². The molecule has 0 spiro atoms. The van der Waals surface area contributed by atoms with Crippen LogP contribution in [0.2, 0.25) is 0 Å². The summed E-state index contributed by atoms with van der Waals surface area (Å²) in [6.07, 6.45) is 1.31. The molecule has 9 heteroatoms. The van der Waals surface area contributed by atoms with Gasteiger partial charge in [0.25, 0.3) is 5.91 Å². The monoisotopic (exact) mass is 286 g/mol. The summed E-state index contributed by atoms with van der Waals surface area (Å²) in [5.41, 5.74) is 7.24. The van der Waals surface area contributed by atoms with E-state index in [2.05, 4.69) is 35.7 Å². The number of hydrogen-bond donors (Lipinski definition) is 4. The third kappa shape index (κ3) is 2.29. The van der Waals surface area contributed by atoms with E-state index in [9.17, 15) is 4.79 Å². The Morgan fingerprint density at radius 3 is 2.81 bits per heavy atom. The first-order chi connectivity index (χ1) is 10.1. The Balaban J connectivity index is 1.90. The van der Waals surface area contributed by atoms with Crippen LogP contribution < -0.4 is 11.1 Å². The van der Waals surface area contributed by atoms with Crippen LogP contribution in [-0.4, -0.2) is 36.3 Å². The van der Waals surface area contributed by atoms with Crippen molar-refractivity contribution in [2.45, 2.75) is 19.8 Å². The van der Waals surface area contributed by atoms with E-state index < -0.39 is 5.91 Å². The lowest BCUT2D eigenvalue weighted by Crippen LogP contribution is -2.13. The van der Waals surface area contributed by atoms with Gasteiger partial charge in [0.05, 0.1) is 5.39 Å². The Morgan fingerprint density at radius 1 is 1.29 bits per heavy atom. The molecule has 21 heavy (non-hydrogen) atoms. The van der Waals surface area contributed by atoms with E-state index >= 15 is 0 Å². The van der Waals surface area contributed by atoms with Crippen molar-refractivity contribution in [2.75, 3.05) is 11.1 Å². The maximum atomic E-state index is 12.3. The van der Waals surface area contributed by atoms with E-state index in [1.165, 1.54) is 6.33 Å². The number of fused-ring (bicyclic) bond motifs is 1. The molecule has 108 valence electrons. The van der Waals surface area contributed by atoms with E-state index in [0.717, 1.165) is 5.69 Å². The average molecular weight is 286 g/mol. The highest BCUT2D eigenvalue weighted by molar-refractivity contribution is 6.12. The molecule has 3 heterocycles. The number of carbonyl (C=O) groups excluding carboxylic acids is 1. The van der Waals surface area contributed by atoms with Gasteiger partial charge in [0.1, 0.15) is 12.1 Å². The maximum absolute atomic E-state index is 12.3. The molecular weight excluding hydrogens is 272 g/mol. The van der Waals surface area contributed by atoms with E-state index in [1.54, 1.807) is 6.07 Å². The first-order valence-corrected chi connectivity index (χ1v) is 6.37. The number of anilines is 2. The number of H-pyrrole nitrogens is 2. The van der Waals surface area contributed by atoms with Gasteiger partial charge in [0.2, 0.25) is 0 Å². The molecule has 0 aliphatic rings. The number of nitrogens with one attached hydrogen (secondary N) is 3. The van der Waals surface area contributed by atoms with Crippen molar-refractivity contribution in [3.63, 3.8) is 0 Å². The Bertz CT molecular complexity index is 803. The van der Waals surface area contributed by atoms with E-state index in [4.69, 9.17) is 5.73 Å². The van der Waals surface area contributed by atoms with Gasteiger partial charge in [-0.25, -0.2) is 9.97 Å². The molecule has 1 amide bonds. The third-order valence-corrected chi connectivity index (χ3v) is 3.06. The number of carbonyl (C=O) groups is 1. The summed E-state index contributed by atoms with van der Waals surface area (Å²) >= 11 is 0. The van der Waals surface area contributed by atoms with Crippen LogP contribution in [0.15, 0.2) is 12.4 Å². The van der Waals surface area contributed by atoms with Gasteiger partial charge in [-0.05, 0) is 5.92 Å². The highest BCUT2D eigenvalue weighted by Gasteiger charge is 2.19. The molecule has 3 aromatic rings. The third-order valence-electron chi connectivity index (χ3n) is 3.06. The van der Waals surface area contributed by atoms with Crippen LogP contribution in [0.4, 0.5) is 11.6 Å². The minimum Gasteiger partial charge on any atom is -0.383 e. The largest absolute Gasteiger partial charge is 0.383 e. The zero-order valence-corrected chi connectivity index (χ0v) is 11.5. The van der Waals surface area contributed by atoms with Crippen molar-refractivity contribution in [2.24, 2.45) is 0 Å². The Morgan fingerprint density at radius 2 is 2.10 bits per heavy atom. The zero-order chi connectivity index (χ0) is 15.0. The smallest absolute Gasteiger partial charge is 0.278 e. The lowest BCUT2D eigenvalue weighted by molar-refractivity contribution is 0.102. The molecule has 0 bridgehead atoms. The molecule has 0 fully saturated rings. The first kappa shape index (κ1) is 13.0. The highest BCUT2D eigenvalue weighted by Crippen LogP contribution is 2.20. The van der Waals surface area contributed by atoms with E-state index in [-0.39, 0.29) is 11.5 Å². The molecule has 3 rings (SSSR count). The lowest BCUT2D eigenvalue weighted by atomic mass is 10.1. The fourth-order valence-electron chi connectivity index (χ4n) is 1.92. The Labute approximate surface area is 119 Å². The predicted octanol–water partition coefficient (Wildman–Crippen LogP) is 1.03. The summed E-state index contributed by atoms with van der Waals surface area (Å²) in [7, 11) is 0. The van der Waals surface area contributed by atoms with Crippen molar-refractivity contribution in [3.05, 3.63) is 23.8 Å². The Kier molecular flexibility index (Phi) is 3.01. The standard InChI is InChI=1S/C12H14N8O/c1-5(2)6-3-7(18-17-6)16-12(21)9-8-10(13)14-4-15-11(8)20-19-9/h3-5H,1-2H3,(H2,16,17,18,21)(H3,13,14,15,19,20). The second-order valence-electron chi connectivity index (χ2n) is 4.87. The quantitative estimate of drug-likeness (QED) is 0.567. The maximum Gasteiger partial charge on any atom is 0.278 e. The van der Waals surface area contributed by atoms with Crippen LogP contribution in [0.5, 0.6) is 0 Å². The van der Waals surface area contributed by atoms with Crippen LogP contribution in [0.1, 0.15) is 35.9 Å². The number of hydrogen-bond acceptors (Lipinski definition) is 6. The fourth-order valence-corrected chi connectivity index (χ4v) is 1.92. The van der Waals surface area contributed by atoms with Crippen LogP contribution in [0, 0.1) is 0 Å². The molecule has 0 aromatic carbocycles. The van der Waals surface area contributed by atoms with Crippen molar-refractivity contribution in [1.29, 1.82) is 0 Å². The van der Waals surface area contributed by atoms with Crippen molar-refractivity contribution < 1.29 is 4.79 Å². The van der Waals surface area contributed by atoms with Crippen LogP contribution in [0.25, 0.3) is 11.0 Å². The van der Waals surface area contributed by atoms with Gasteiger partial charge >= 0.3 is 0 Å². The molecule has 5 N–H and O–H groups in total. The summed E-state index contributed by atoms with van der Waals surface area (Å²) < 4.78 is 0. The number of rotatable bonds is 3. The number of nitrogens with two attached hydrogens (primary N) is 1. The summed E-state index contributed by atoms with van der Waals surface area (Å²) in [6.45, 7) is 4.05. The van der Waals surface area contributed by atoms with Crippen LogP contribution in [0.3, 0.4) is 0 Å². The highest BCUT2D eigenvalue weighted by atomic mass is 16.2. The lowest BCUT2D eigenvalue weighted by Gasteiger charge is -2.00. The van der Waals surface area contributed by atoms with Gasteiger partial charge in [-0.3, -0.25) is 15.0 Å². The summed E-state index contributed by atoms with van der Waals surface area (Å²) in [4.78, 5) is 20.1. The molecule has 0 radical (unpaired) electrons. The SMILES string of the molecule is CC(C)c1cc(NC(=O)c2n[nH]c3ncnc(N)c23)n[nH]1. The molecule has 0 atom stereocenters. The molecule has 0 saturated carbocycles. The predicted molar refractivity (Wildman–Crippen MR) is 76.7 cm³/mol. The normalized spacial score (nSPS) is 11.2. The second-order valence-corrected chi connectivity index (χ2v) is 4.87.